The van der Waals surface area contributed by atoms with Crippen molar-refractivity contribution >= 4 is 23.3 Å². The molecule has 3 atom stereocenters. The zero-order chi connectivity index (χ0) is 27.9. The van der Waals surface area contributed by atoms with Gasteiger partial charge in [0.1, 0.15) is 23.0 Å². The van der Waals surface area contributed by atoms with E-state index in [1.54, 1.807) is 31.3 Å². The fourth-order valence-corrected chi connectivity index (χ4v) is 5.40. The molecule has 2 aliphatic heterocycles. The van der Waals surface area contributed by atoms with Crippen molar-refractivity contribution < 1.29 is 37.3 Å². The highest BCUT2D eigenvalue weighted by atomic mass is 32.1. The predicted molar refractivity (Wildman–Crippen MR) is 133 cm³/mol. The number of benzene rings is 1. The summed E-state index contributed by atoms with van der Waals surface area (Å²) >= 11 is 1.44. The summed E-state index contributed by atoms with van der Waals surface area (Å²) in [4.78, 5) is 38.1. The second-order valence-corrected chi connectivity index (χ2v) is 10.8. The number of hydrogen-bond donors (Lipinski definition) is 2. The van der Waals surface area contributed by atoms with Crippen molar-refractivity contribution in [3.63, 3.8) is 0 Å². The molecule has 1 aromatic carbocycles. The monoisotopic (exact) mass is 563 g/mol. The maximum absolute atomic E-state index is 13.2. The number of ether oxygens (including phenoxy) is 2. The first-order valence-electron chi connectivity index (χ1n) is 12.0. The van der Waals surface area contributed by atoms with Gasteiger partial charge in [0, 0.05) is 46.6 Å². The molecule has 14 heteroatoms. The van der Waals surface area contributed by atoms with Crippen molar-refractivity contribution in [2.24, 2.45) is 0 Å². The van der Waals surface area contributed by atoms with Crippen molar-refractivity contribution in [3.8, 4) is 16.3 Å². The largest absolute Gasteiger partial charge is 0.490 e. The molecule has 5 rings (SSSR count). The zero-order valence-electron chi connectivity index (χ0n) is 20.9. The third-order valence-corrected chi connectivity index (χ3v) is 7.61. The molecule has 2 N–H and O–H groups in total. The molecule has 2 unspecified atom stereocenters. The summed E-state index contributed by atoms with van der Waals surface area (Å²) in [7, 11) is 0. The van der Waals surface area contributed by atoms with Gasteiger partial charge < -0.3 is 19.9 Å². The minimum atomic E-state index is -4.66. The Labute approximate surface area is 224 Å². The van der Waals surface area contributed by atoms with Crippen LogP contribution in [0.15, 0.2) is 36.8 Å². The number of hydrogen-bond acceptors (Lipinski definition) is 8. The second kappa shape index (κ2) is 10.1. The molecule has 206 valence electrons. The van der Waals surface area contributed by atoms with Crippen molar-refractivity contribution in [2.45, 2.75) is 44.1 Å². The van der Waals surface area contributed by atoms with E-state index in [2.05, 4.69) is 20.3 Å². The van der Waals surface area contributed by atoms with Gasteiger partial charge in [-0.05, 0) is 32.0 Å². The number of rotatable bonds is 7. The lowest BCUT2D eigenvalue weighted by Gasteiger charge is -2.31. The van der Waals surface area contributed by atoms with Crippen LogP contribution in [0.25, 0.3) is 10.6 Å². The maximum Gasteiger partial charge on any atom is 0.451 e. The Bertz CT molecular complexity index is 1400. The minimum Gasteiger partial charge on any atom is -0.490 e. The summed E-state index contributed by atoms with van der Waals surface area (Å²) in [6.45, 7) is 4.10. The molecule has 3 aromatic rings. The van der Waals surface area contributed by atoms with E-state index in [0.717, 1.165) is 17.3 Å². The molecule has 0 saturated carbocycles. The van der Waals surface area contributed by atoms with E-state index in [1.165, 1.54) is 16.2 Å². The number of alkyl halides is 3. The molecular weight excluding hydrogens is 539 g/mol. The maximum atomic E-state index is 13.2. The molecule has 4 heterocycles. The van der Waals surface area contributed by atoms with Crippen LogP contribution in [-0.4, -0.2) is 68.4 Å². The number of aryl methyl sites for hydroxylation is 1. The van der Waals surface area contributed by atoms with Crippen molar-refractivity contribution in [3.05, 3.63) is 58.6 Å². The Morgan fingerprint density at radius 2 is 2.00 bits per heavy atom. The van der Waals surface area contributed by atoms with Crippen molar-refractivity contribution in [2.75, 3.05) is 19.8 Å². The summed E-state index contributed by atoms with van der Waals surface area (Å²) in [5.41, 5.74) is 0.422. The first-order chi connectivity index (χ1) is 18.4. The van der Waals surface area contributed by atoms with E-state index in [0.29, 0.717) is 34.9 Å². The van der Waals surface area contributed by atoms with Gasteiger partial charge in [-0.25, -0.2) is 19.7 Å². The predicted octanol–water partition coefficient (Wildman–Crippen LogP) is 4.32. The van der Waals surface area contributed by atoms with Gasteiger partial charge in [-0.1, -0.05) is 0 Å². The molecule has 0 radical (unpaired) electrons. The first kappa shape index (κ1) is 26.8. The lowest BCUT2D eigenvalue weighted by molar-refractivity contribution is -0.145. The lowest BCUT2D eigenvalue weighted by Crippen LogP contribution is -2.47. The van der Waals surface area contributed by atoms with Crippen LogP contribution in [0.3, 0.4) is 0 Å². The number of carbonyl (C=O) groups is 2. The van der Waals surface area contributed by atoms with Gasteiger partial charge in [-0.15, -0.1) is 11.3 Å². The molecular formula is C25H24F3N5O5S. The van der Waals surface area contributed by atoms with Crippen LogP contribution in [0.1, 0.15) is 46.0 Å². The van der Waals surface area contributed by atoms with Crippen LogP contribution in [0.5, 0.6) is 5.75 Å². The SMILES string of the molecule is Cc1cnc(-c2cc(OCC34CC(CO3)N(C(=O)O)C4)cc(C(=O)N[C@H](C)c3cnc(C(F)(F)F)nc3)c2)s1. The second-order valence-electron chi connectivity index (χ2n) is 9.61. The number of morpholine rings is 1. The van der Waals surface area contributed by atoms with Gasteiger partial charge in [0.05, 0.1) is 25.2 Å². The summed E-state index contributed by atoms with van der Waals surface area (Å²) in [6.07, 6.45) is -1.38. The summed E-state index contributed by atoms with van der Waals surface area (Å²) in [5.74, 6) is -1.38. The number of carboxylic acid groups (broad SMARTS) is 1. The number of thiazole rings is 1. The molecule has 0 spiro atoms. The van der Waals surface area contributed by atoms with Crippen LogP contribution in [0, 0.1) is 6.92 Å². The third kappa shape index (κ3) is 5.66. The zero-order valence-corrected chi connectivity index (χ0v) is 21.7. The van der Waals surface area contributed by atoms with Gasteiger partial charge in [0.2, 0.25) is 5.82 Å². The van der Waals surface area contributed by atoms with Gasteiger partial charge in [-0.2, -0.15) is 13.2 Å². The lowest BCUT2D eigenvalue weighted by atomic mass is 10.0. The van der Waals surface area contributed by atoms with E-state index in [-0.39, 0.29) is 24.8 Å². The summed E-state index contributed by atoms with van der Waals surface area (Å²) in [6, 6.07) is 4.04. The van der Waals surface area contributed by atoms with Crippen molar-refractivity contribution in [1.29, 1.82) is 0 Å². The van der Waals surface area contributed by atoms with E-state index < -0.39 is 35.6 Å². The number of nitrogens with zero attached hydrogens (tertiary/aromatic N) is 4. The van der Waals surface area contributed by atoms with Crippen LogP contribution < -0.4 is 10.1 Å². The number of aromatic nitrogens is 3. The molecule has 2 saturated heterocycles. The molecule has 0 aliphatic carbocycles. The number of likely N-dealkylation sites (tertiary alicyclic amines) is 1. The standard InChI is InChI=1S/C25H24F3N5O5S/c1-13-7-29-21(39-13)16-3-15(20(34)32-14(2)17-8-30-22(31-9-17)25(26,27)28)4-19(5-16)37-12-24-6-18(10-38-24)33(11-24)23(35)36/h3-5,7-9,14,18H,6,10-12H2,1-2H3,(H,32,34)(H,35,36)/t14-,18?,24?/m1/s1. The Morgan fingerprint density at radius 3 is 2.62 bits per heavy atom. The van der Waals surface area contributed by atoms with Gasteiger partial charge in [0.25, 0.3) is 5.91 Å². The van der Waals surface area contributed by atoms with Crippen molar-refractivity contribution in [1.82, 2.24) is 25.2 Å². The number of halogens is 3. The van der Waals surface area contributed by atoms with Gasteiger partial charge in [-0.3, -0.25) is 9.69 Å². The highest BCUT2D eigenvalue weighted by Gasteiger charge is 2.53. The average Bonchev–Trinajstić information content (AvgIpc) is 3.62. The highest BCUT2D eigenvalue weighted by Crippen LogP contribution is 2.38. The van der Waals surface area contributed by atoms with Gasteiger partial charge in [0.15, 0.2) is 0 Å². The topological polar surface area (TPSA) is 127 Å². The van der Waals surface area contributed by atoms with Crippen LogP contribution >= 0.6 is 11.3 Å². The molecule has 2 aliphatic rings. The Balaban J connectivity index is 1.35. The molecule has 39 heavy (non-hydrogen) atoms. The highest BCUT2D eigenvalue weighted by molar-refractivity contribution is 7.14. The Morgan fingerprint density at radius 1 is 1.26 bits per heavy atom. The summed E-state index contributed by atoms with van der Waals surface area (Å²) < 4.78 is 50.3. The number of carbonyl (C=O) groups excluding carboxylic acids is 1. The number of nitrogens with one attached hydrogen (secondary N) is 1. The number of fused-ring (bicyclic) bond motifs is 2. The molecule has 2 aromatic heterocycles. The third-order valence-electron chi connectivity index (χ3n) is 6.65. The average molecular weight is 564 g/mol. The molecule has 10 nitrogen and oxygen atoms in total. The molecule has 2 bridgehead atoms. The summed E-state index contributed by atoms with van der Waals surface area (Å²) in [5, 5.41) is 12.8. The number of amides is 2. The Hall–Kier alpha value is -3.78. The van der Waals surface area contributed by atoms with Crippen LogP contribution in [-0.2, 0) is 10.9 Å². The normalized spacial score (nSPS) is 21.2. The van der Waals surface area contributed by atoms with E-state index in [9.17, 15) is 27.9 Å². The first-order valence-corrected chi connectivity index (χ1v) is 12.8. The van der Waals surface area contributed by atoms with E-state index in [4.69, 9.17) is 9.47 Å². The Kier molecular flexibility index (Phi) is 6.93. The quantitative estimate of drug-likeness (QED) is 0.435. The molecule has 2 fully saturated rings. The fraction of sp³-hybridized carbons (Fsp3) is 0.400. The molecule has 2 amide bonds. The van der Waals surface area contributed by atoms with E-state index in [1.807, 2.05) is 6.92 Å². The van der Waals surface area contributed by atoms with E-state index >= 15 is 0 Å². The fourth-order valence-electron chi connectivity index (χ4n) is 4.65. The van der Waals surface area contributed by atoms with Crippen LogP contribution in [0.2, 0.25) is 0 Å². The van der Waals surface area contributed by atoms with Gasteiger partial charge >= 0.3 is 12.3 Å². The van der Waals surface area contributed by atoms with Crippen LogP contribution in [0.4, 0.5) is 18.0 Å². The minimum absolute atomic E-state index is 0.0913. The smallest absolute Gasteiger partial charge is 0.451 e.